The van der Waals surface area contributed by atoms with Crippen LogP contribution in [-0.2, 0) is 13.6 Å². The lowest BCUT2D eigenvalue weighted by molar-refractivity contribution is 0.0938. The smallest absolute Gasteiger partial charge is 0.329 e. The van der Waals surface area contributed by atoms with E-state index in [4.69, 9.17) is 4.74 Å². The van der Waals surface area contributed by atoms with Crippen molar-refractivity contribution < 1.29 is 14.9 Å². The summed E-state index contributed by atoms with van der Waals surface area (Å²) in [6.45, 7) is 1.70. The highest BCUT2D eigenvalue weighted by Crippen LogP contribution is 2.18. The summed E-state index contributed by atoms with van der Waals surface area (Å²) < 4.78 is 8.28. The van der Waals surface area contributed by atoms with Crippen LogP contribution in [0.3, 0.4) is 0 Å². The highest BCUT2D eigenvalue weighted by Gasteiger charge is 2.20. The van der Waals surface area contributed by atoms with E-state index in [1.54, 1.807) is 43.3 Å². The van der Waals surface area contributed by atoms with Crippen LogP contribution >= 0.6 is 0 Å². The quantitative estimate of drug-likeness (QED) is 0.228. The molecule has 0 saturated heterocycles. The molecule has 2 aromatic carbocycles. The standard InChI is InChI=1S/C23H24N6O5/c1-14(15-8-10-16(30)11-9-15)26-27-22-24-20-19(21(32)25-23(33)28(20)2)29(22)12-17(31)13-34-18-6-4-3-5-7-18/h3-11,17,30-31H,12-13H2,1-2H3,(H,24,27)(H,25,32,33)/b26-14+. The predicted molar refractivity (Wildman–Crippen MR) is 127 cm³/mol. The number of imidazole rings is 1. The molecule has 1 atom stereocenters. The van der Waals surface area contributed by atoms with Crippen molar-refractivity contribution in [1.82, 2.24) is 19.1 Å². The van der Waals surface area contributed by atoms with Gasteiger partial charge in [0.1, 0.15) is 24.2 Å². The first-order valence-electron chi connectivity index (χ1n) is 10.5. The molecule has 11 heteroatoms. The summed E-state index contributed by atoms with van der Waals surface area (Å²) in [7, 11) is 1.49. The number of fused-ring (bicyclic) bond motifs is 1. The molecule has 0 aliphatic rings. The molecule has 0 saturated carbocycles. The maximum atomic E-state index is 12.6. The molecular weight excluding hydrogens is 440 g/mol. The van der Waals surface area contributed by atoms with Crippen LogP contribution in [0.4, 0.5) is 5.95 Å². The van der Waals surface area contributed by atoms with Gasteiger partial charge in [0, 0.05) is 7.05 Å². The summed E-state index contributed by atoms with van der Waals surface area (Å²) in [6, 6.07) is 15.5. The number of aromatic nitrogens is 4. The van der Waals surface area contributed by atoms with Crippen LogP contribution in [0.5, 0.6) is 11.5 Å². The third-order valence-electron chi connectivity index (χ3n) is 5.19. The van der Waals surface area contributed by atoms with Crippen molar-refractivity contribution >= 4 is 22.8 Å². The Morgan fingerprint density at radius 2 is 1.88 bits per heavy atom. The Bertz CT molecular complexity index is 1440. The number of nitrogens with zero attached hydrogens (tertiary/aromatic N) is 4. The molecule has 4 aromatic rings. The number of aromatic hydroxyl groups is 1. The number of hydrogen-bond acceptors (Lipinski definition) is 8. The average molecular weight is 464 g/mol. The second kappa shape index (κ2) is 9.63. The molecule has 0 aliphatic carbocycles. The van der Waals surface area contributed by atoms with E-state index < -0.39 is 17.4 Å². The molecule has 0 aliphatic heterocycles. The van der Waals surface area contributed by atoms with Crippen molar-refractivity contribution in [2.24, 2.45) is 12.1 Å². The molecule has 34 heavy (non-hydrogen) atoms. The lowest BCUT2D eigenvalue weighted by Gasteiger charge is -2.15. The van der Waals surface area contributed by atoms with Crippen molar-refractivity contribution in [3.63, 3.8) is 0 Å². The molecule has 0 fully saturated rings. The van der Waals surface area contributed by atoms with Gasteiger partial charge < -0.3 is 19.5 Å². The minimum absolute atomic E-state index is 0.0252. The van der Waals surface area contributed by atoms with Crippen LogP contribution < -0.4 is 21.4 Å². The van der Waals surface area contributed by atoms with Crippen LogP contribution in [0.25, 0.3) is 11.2 Å². The number of aliphatic hydroxyl groups excluding tert-OH is 1. The number of phenols is 1. The van der Waals surface area contributed by atoms with Crippen molar-refractivity contribution in [2.75, 3.05) is 12.0 Å². The SMILES string of the molecule is C/C(=N\Nc1nc2c(c(=O)[nH]c(=O)n2C)n1CC(O)COc1ccccc1)c1ccc(O)cc1. The first kappa shape index (κ1) is 22.8. The Kier molecular flexibility index (Phi) is 6.46. The number of ether oxygens (including phenoxy) is 1. The minimum atomic E-state index is -0.989. The molecule has 2 aromatic heterocycles. The lowest BCUT2D eigenvalue weighted by Crippen LogP contribution is -2.30. The van der Waals surface area contributed by atoms with Gasteiger partial charge in [0.15, 0.2) is 11.2 Å². The molecule has 4 rings (SSSR count). The summed E-state index contributed by atoms with van der Waals surface area (Å²) in [4.78, 5) is 31.3. The van der Waals surface area contributed by atoms with E-state index in [1.807, 2.05) is 18.2 Å². The normalized spacial score (nSPS) is 12.6. The van der Waals surface area contributed by atoms with Crippen molar-refractivity contribution in [2.45, 2.75) is 19.6 Å². The average Bonchev–Trinajstić information content (AvgIpc) is 3.19. The van der Waals surface area contributed by atoms with Crippen LogP contribution in [0.1, 0.15) is 12.5 Å². The van der Waals surface area contributed by atoms with E-state index in [1.165, 1.54) is 16.2 Å². The summed E-state index contributed by atoms with van der Waals surface area (Å²) in [5.41, 5.74) is 3.20. The Hall–Kier alpha value is -4.38. The molecular formula is C23H24N6O5. The molecule has 0 bridgehead atoms. The molecule has 11 nitrogen and oxygen atoms in total. The lowest BCUT2D eigenvalue weighted by atomic mass is 10.1. The number of phenolic OH excluding ortho intramolecular Hbond substituents is 1. The third-order valence-corrected chi connectivity index (χ3v) is 5.19. The Morgan fingerprint density at radius 3 is 2.59 bits per heavy atom. The number of rotatable bonds is 8. The zero-order valence-electron chi connectivity index (χ0n) is 18.6. The summed E-state index contributed by atoms with van der Waals surface area (Å²) >= 11 is 0. The number of aromatic amines is 1. The molecule has 0 amide bonds. The third kappa shape index (κ3) is 4.84. The molecule has 0 radical (unpaired) electrons. The fourth-order valence-electron chi connectivity index (χ4n) is 3.37. The highest BCUT2D eigenvalue weighted by atomic mass is 16.5. The second-order valence-corrected chi connectivity index (χ2v) is 7.67. The Labute approximate surface area is 193 Å². The van der Waals surface area contributed by atoms with Crippen LogP contribution in [0.15, 0.2) is 69.3 Å². The first-order valence-corrected chi connectivity index (χ1v) is 10.5. The van der Waals surface area contributed by atoms with Crippen LogP contribution in [-0.4, -0.2) is 47.7 Å². The number of hydrogen-bond donors (Lipinski definition) is 4. The zero-order chi connectivity index (χ0) is 24.2. The number of para-hydroxylation sites is 1. The molecule has 176 valence electrons. The van der Waals surface area contributed by atoms with E-state index in [-0.39, 0.29) is 36.0 Å². The number of aryl methyl sites for hydroxylation is 1. The van der Waals surface area contributed by atoms with Gasteiger partial charge >= 0.3 is 5.69 Å². The van der Waals surface area contributed by atoms with Gasteiger partial charge in [0.25, 0.3) is 5.56 Å². The van der Waals surface area contributed by atoms with Gasteiger partial charge in [0.2, 0.25) is 5.95 Å². The van der Waals surface area contributed by atoms with Gasteiger partial charge in [-0.05, 0) is 48.9 Å². The van der Waals surface area contributed by atoms with Crippen molar-refractivity contribution in [3.8, 4) is 11.5 Å². The van der Waals surface area contributed by atoms with E-state index in [9.17, 15) is 19.8 Å². The number of benzene rings is 2. The van der Waals surface area contributed by atoms with E-state index >= 15 is 0 Å². The number of anilines is 1. The van der Waals surface area contributed by atoms with Crippen molar-refractivity contribution in [1.29, 1.82) is 0 Å². The minimum Gasteiger partial charge on any atom is -0.508 e. The predicted octanol–water partition coefficient (Wildman–Crippen LogP) is 1.40. The number of H-pyrrole nitrogens is 1. The maximum Gasteiger partial charge on any atom is 0.329 e. The second-order valence-electron chi connectivity index (χ2n) is 7.67. The van der Waals surface area contributed by atoms with E-state index in [0.29, 0.717) is 11.5 Å². The molecule has 0 spiro atoms. The van der Waals surface area contributed by atoms with E-state index in [0.717, 1.165) is 5.56 Å². The number of aliphatic hydroxyl groups is 1. The van der Waals surface area contributed by atoms with Gasteiger partial charge in [-0.2, -0.15) is 10.1 Å². The summed E-state index contributed by atoms with van der Waals surface area (Å²) in [5, 5.41) is 24.4. The Balaban J connectivity index is 1.65. The van der Waals surface area contributed by atoms with Crippen molar-refractivity contribution in [3.05, 3.63) is 81.0 Å². The fourth-order valence-corrected chi connectivity index (χ4v) is 3.37. The topological polar surface area (TPSA) is 147 Å². The van der Waals surface area contributed by atoms with Gasteiger partial charge in [-0.25, -0.2) is 10.2 Å². The van der Waals surface area contributed by atoms with Gasteiger partial charge in [-0.3, -0.25) is 14.3 Å². The largest absolute Gasteiger partial charge is 0.508 e. The van der Waals surface area contributed by atoms with Gasteiger partial charge in [0.05, 0.1) is 12.3 Å². The van der Waals surface area contributed by atoms with Crippen LogP contribution in [0, 0.1) is 0 Å². The number of nitrogens with one attached hydrogen (secondary N) is 2. The molecule has 4 N–H and O–H groups in total. The molecule has 1 unspecified atom stereocenters. The zero-order valence-corrected chi connectivity index (χ0v) is 18.6. The van der Waals surface area contributed by atoms with Crippen LogP contribution in [0.2, 0.25) is 0 Å². The summed E-state index contributed by atoms with van der Waals surface area (Å²) in [5.74, 6) is 0.904. The first-order chi connectivity index (χ1) is 16.3. The Morgan fingerprint density at radius 1 is 1.18 bits per heavy atom. The monoisotopic (exact) mass is 464 g/mol. The number of hydrazone groups is 1. The van der Waals surface area contributed by atoms with E-state index in [2.05, 4.69) is 20.5 Å². The van der Waals surface area contributed by atoms with Gasteiger partial charge in [-0.1, -0.05) is 18.2 Å². The maximum absolute atomic E-state index is 12.6. The molecule has 2 heterocycles. The summed E-state index contributed by atoms with van der Waals surface area (Å²) in [6.07, 6.45) is -0.989. The highest BCUT2D eigenvalue weighted by molar-refractivity contribution is 5.99. The fraction of sp³-hybridized carbons (Fsp3) is 0.217. The van der Waals surface area contributed by atoms with Gasteiger partial charge in [-0.15, -0.1) is 0 Å².